The van der Waals surface area contributed by atoms with E-state index in [2.05, 4.69) is 0 Å². The van der Waals surface area contributed by atoms with E-state index in [9.17, 15) is 0 Å². The Bertz CT molecular complexity index is 1320. The topological polar surface area (TPSA) is 141 Å². The highest BCUT2D eigenvalue weighted by molar-refractivity contribution is 7.14. The summed E-state index contributed by atoms with van der Waals surface area (Å²) in [6.07, 6.45) is 0. The summed E-state index contributed by atoms with van der Waals surface area (Å²) >= 11 is 3.02. The zero-order valence-electron chi connectivity index (χ0n) is 18.1. The van der Waals surface area contributed by atoms with Gasteiger partial charge in [-0.3, -0.25) is 0 Å². The Labute approximate surface area is 203 Å². The maximum atomic E-state index is 6.52. The Morgan fingerprint density at radius 1 is 0.500 bits per heavy atom. The molecule has 2 aliphatic heterocycles. The lowest BCUT2D eigenvalue weighted by Gasteiger charge is -2.19. The van der Waals surface area contributed by atoms with Gasteiger partial charge in [-0.2, -0.15) is 0 Å². The number of fused-ring (bicyclic) bond motifs is 2. The normalized spacial score (nSPS) is 14.2. The lowest BCUT2D eigenvalue weighted by atomic mass is 9.95. The van der Waals surface area contributed by atoms with Crippen LogP contribution in [0.4, 0.5) is 22.7 Å². The molecule has 34 heavy (non-hydrogen) atoms. The van der Waals surface area contributed by atoms with Crippen LogP contribution in [0.3, 0.4) is 0 Å². The van der Waals surface area contributed by atoms with E-state index >= 15 is 0 Å². The molecule has 2 aromatic heterocycles. The quantitative estimate of drug-likeness (QED) is 0.301. The summed E-state index contributed by atoms with van der Waals surface area (Å²) in [7, 11) is 0. The van der Waals surface area contributed by atoms with Crippen LogP contribution in [0.25, 0.3) is 32.0 Å². The molecule has 0 atom stereocenters. The van der Waals surface area contributed by atoms with Crippen molar-refractivity contribution in [2.75, 3.05) is 49.4 Å². The minimum Gasteiger partial charge on any atom is -0.485 e. The molecular weight excluding hydrogens is 472 g/mol. The molecule has 0 saturated heterocycles. The number of nitrogens with two attached hydrogens (primary N) is 4. The average molecular weight is 495 g/mol. The molecule has 0 spiro atoms. The van der Waals surface area contributed by atoms with E-state index in [0.29, 0.717) is 71.8 Å². The van der Waals surface area contributed by atoms with Crippen molar-refractivity contribution < 1.29 is 18.9 Å². The van der Waals surface area contributed by atoms with Gasteiger partial charge in [-0.1, -0.05) is 24.3 Å². The van der Waals surface area contributed by atoms with Crippen LogP contribution < -0.4 is 41.9 Å². The number of ether oxygens (including phenoxy) is 4. The molecule has 4 heterocycles. The maximum Gasteiger partial charge on any atom is 0.180 e. The van der Waals surface area contributed by atoms with Gasteiger partial charge in [-0.15, -0.1) is 22.7 Å². The van der Waals surface area contributed by atoms with Gasteiger partial charge in [0.15, 0.2) is 23.0 Å². The van der Waals surface area contributed by atoms with E-state index in [1.807, 2.05) is 35.0 Å². The van der Waals surface area contributed by atoms with Gasteiger partial charge in [0.1, 0.15) is 26.4 Å². The van der Waals surface area contributed by atoms with Gasteiger partial charge in [0, 0.05) is 33.0 Å². The number of hydrogen-bond acceptors (Lipinski definition) is 10. The summed E-state index contributed by atoms with van der Waals surface area (Å²) in [4.78, 5) is 1.77. The molecule has 0 saturated carbocycles. The highest BCUT2D eigenvalue weighted by Gasteiger charge is 2.25. The average Bonchev–Trinajstić information content (AvgIpc) is 3.48. The molecule has 0 unspecified atom stereocenters. The SMILES string of the molecule is Nc1c(-c2ccc(-c3scc4c3OCCO4)c(N)c2N)ccc(-c2scc3c2OCCO3)c1N. The molecule has 8 nitrogen and oxygen atoms in total. The van der Waals surface area contributed by atoms with Gasteiger partial charge >= 0.3 is 0 Å². The van der Waals surface area contributed by atoms with Crippen LogP contribution in [0.1, 0.15) is 0 Å². The standard InChI is InChI=1S/C24H22N4O4S2/c25-17-11(1-3-13(19(17)27)23-21-15(9-33-23)29-5-7-31-21)12-2-4-14(20(28)18(12)26)24-22-16(10-34-24)30-6-8-32-22/h1-4,9-10H,5-8,25-28H2. The minimum atomic E-state index is 0.431. The van der Waals surface area contributed by atoms with Crippen LogP contribution in [-0.2, 0) is 0 Å². The van der Waals surface area contributed by atoms with Crippen LogP contribution in [0, 0.1) is 0 Å². The molecule has 0 radical (unpaired) electrons. The van der Waals surface area contributed by atoms with Crippen LogP contribution in [0.5, 0.6) is 23.0 Å². The highest BCUT2D eigenvalue weighted by Crippen LogP contribution is 2.52. The fourth-order valence-corrected chi connectivity index (χ4v) is 6.18. The summed E-state index contributed by atoms with van der Waals surface area (Å²) in [5, 5.41) is 3.84. The molecule has 2 aromatic carbocycles. The van der Waals surface area contributed by atoms with Crippen molar-refractivity contribution in [1.82, 2.24) is 0 Å². The van der Waals surface area contributed by atoms with E-state index in [1.165, 1.54) is 22.7 Å². The van der Waals surface area contributed by atoms with Crippen molar-refractivity contribution in [3.8, 4) is 55.0 Å². The molecule has 2 aliphatic rings. The lowest BCUT2D eigenvalue weighted by Crippen LogP contribution is -2.14. The predicted octanol–water partition coefficient (Wildman–Crippen LogP) is 4.68. The first-order chi connectivity index (χ1) is 16.5. The first-order valence-corrected chi connectivity index (χ1v) is 12.4. The molecule has 0 aliphatic carbocycles. The third-order valence-electron chi connectivity index (χ3n) is 5.96. The Morgan fingerprint density at radius 2 is 0.853 bits per heavy atom. The Balaban J connectivity index is 1.41. The molecule has 10 heteroatoms. The lowest BCUT2D eigenvalue weighted by molar-refractivity contribution is 0.174. The van der Waals surface area contributed by atoms with Crippen molar-refractivity contribution >= 4 is 45.4 Å². The van der Waals surface area contributed by atoms with Gasteiger partial charge in [0.25, 0.3) is 0 Å². The van der Waals surface area contributed by atoms with Crippen LogP contribution >= 0.6 is 22.7 Å². The van der Waals surface area contributed by atoms with Crippen molar-refractivity contribution in [3.05, 3.63) is 35.0 Å². The molecular formula is C24H22N4O4S2. The fourth-order valence-electron chi connectivity index (χ4n) is 4.24. The number of rotatable bonds is 3. The van der Waals surface area contributed by atoms with Crippen molar-refractivity contribution in [2.24, 2.45) is 0 Å². The molecule has 0 fully saturated rings. The largest absolute Gasteiger partial charge is 0.485 e. The van der Waals surface area contributed by atoms with Gasteiger partial charge in [-0.25, -0.2) is 0 Å². The second kappa shape index (κ2) is 7.93. The molecule has 174 valence electrons. The van der Waals surface area contributed by atoms with Gasteiger partial charge in [0.05, 0.1) is 32.5 Å². The van der Waals surface area contributed by atoms with Gasteiger partial charge in [-0.05, 0) is 0 Å². The number of benzene rings is 2. The van der Waals surface area contributed by atoms with Crippen molar-refractivity contribution in [3.63, 3.8) is 0 Å². The molecule has 0 amide bonds. The summed E-state index contributed by atoms with van der Waals surface area (Å²) in [5.41, 5.74) is 30.8. The summed E-state index contributed by atoms with van der Waals surface area (Å²) in [5.74, 6) is 2.86. The third-order valence-corrected chi connectivity index (χ3v) is 7.90. The number of hydrogen-bond donors (Lipinski definition) is 4. The maximum absolute atomic E-state index is 6.52. The monoisotopic (exact) mass is 494 g/mol. The number of nitrogen functional groups attached to an aromatic ring is 4. The zero-order chi connectivity index (χ0) is 23.4. The second-order valence-corrected chi connectivity index (χ2v) is 9.65. The second-order valence-electron chi connectivity index (χ2n) is 7.89. The molecule has 0 bridgehead atoms. The minimum absolute atomic E-state index is 0.431. The summed E-state index contributed by atoms with van der Waals surface area (Å²) in [6, 6.07) is 7.67. The van der Waals surface area contributed by atoms with E-state index < -0.39 is 0 Å². The molecule has 4 aromatic rings. The van der Waals surface area contributed by atoms with Gasteiger partial charge < -0.3 is 41.9 Å². The molecule has 6 rings (SSSR count). The van der Waals surface area contributed by atoms with E-state index in [-0.39, 0.29) is 0 Å². The van der Waals surface area contributed by atoms with Crippen molar-refractivity contribution in [1.29, 1.82) is 0 Å². The third kappa shape index (κ3) is 3.10. The number of thiophene rings is 2. The predicted molar refractivity (Wildman–Crippen MR) is 138 cm³/mol. The Morgan fingerprint density at radius 3 is 1.29 bits per heavy atom. The van der Waals surface area contributed by atoms with Gasteiger partial charge in [0.2, 0.25) is 0 Å². The summed E-state index contributed by atoms with van der Waals surface area (Å²) in [6.45, 7) is 2.06. The van der Waals surface area contributed by atoms with Crippen LogP contribution in [0.2, 0.25) is 0 Å². The van der Waals surface area contributed by atoms with Crippen molar-refractivity contribution in [2.45, 2.75) is 0 Å². The highest BCUT2D eigenvalue weighted by atomic mass is 32.1. The zero-order valence-corrected chi connectivity index (χ0v) is 19.7. The summed E-state index contributed by atoms with van der Waals surface area (Å²) < 4.78 is 23.0. The van der Waals surface area contributed by atoms with E-state index in [4.69, 9.17) is 41.9 Å². The van der Waals surface area contributed by atoms with Crippen LogP contribution in [0.15, 0.2) is 35.0 Å². The first-order valence-electron chi connectivity index (χ1n) is 10.7. The van der Waals surface area contributed by atoms with Crippen LogP contribution in [-0.4, -0.2) is 26.4 Å². The van der Waals surface area contributed by atoms with E-state index in [0.717, 1.165) is 32.4 Å². The fraction of sp³-hybridized carbons (Fsp3) is 0.167. The Hall–Kier alpha value is -3.76. The number of anilines is 4. The smallest absolute Gasteiger partial charge is 0.180 e. The van der Waals surface area contributed by atoms with E-state index in [1.54, 1.807) is 0 Å². The first kappa shape index (κ1) is 20.8. The Kier molecular flexibility index (Phi) is 4.85. The molecule has 8 N–H and O–H groups in total.